The summed E-state index contributed by atoms with van der Waals surface area (Å²) in [7, 11) is 3.34. The Labute approximate surface area is 406 Å². The van der Waals surface area contributed by atoms with Crippen molar-refractivity contribution >= 4 is 122 Å². The second-order valence-corrected chi connectivity index (χ2v) is 13.9. The third-order valence-electron chi connectivity index (χ3n) is 7.40. The van der Waals surface area contributed by atoms with Crippen molar-refractivity contribution in [2.45, 2.75) is 95.5 Å². The summed E-state index contributed by atoms with van der Waals surface area (Å²) in [5.74, 6) is 0.592. The van der Waals surface area contributed by atoms with Crippen LogP contribution in [0, 0.1) is 0 Å². The fraction of sp³-hybridized carbons (Fsp3) is 0.656. The number of halogens is 5. The molecule has 0 spiro atoms. The average Bonchev–Trinajstić information content (AvgIpc) is 3.95. The molecule has 0 aromatic heterocycles. The van der Waals surface area contributed by atoms with Crippen molar-refractivity contribution in [3.63, 3.8) is 0 Å². The SMILES string of the molecule is Br.C=C(C)C(=O)Cl.C=C(C)C(=O)N1CCC[C@@H]1C(=O)O.C[C@@]1(CBr)OC(=O)[C@H]2CCCN2C1=O.C[C@](O)(CBr)C(=O)O.N[N-]O.O=C(O)[C@H]1CCCN1.[2H]CF.[B]=NS.[Na+]. The quantitative estimate of drug-likeness (QED) is 0.0254. The second-order valence-electron chi connectivity index (χ2n) is 12.2. The number of alkyl halides is 3. The summed E-state index contributed by atoms with van der Waals surface area (Å²) in [6, 6.07) is -1.24. The number of aliphatic carboxylic acids is 3. The van der Waals surface area contributed by atoms with Gasteiger partial charge in [-0.1, -0.05) is 45.0 Å². The molecule has 1 radical (unpaired) electrons. The Balaban J connectivity index is -0.000000147. The van der Waals surface area contributed by atoms with Gasteiger partial charge < -0.3 is 56.9 Å². The molecule has 4 fully saturated rings. The number of likely N-dealkylation sites (tertiary alicyclic amines) is 1. The Morgan fingerprint density at radius 2 is 1.58 bits per heavy atom. The smallest absolute Gasteiger partial charge is 1.00 e. The molecule has 0 aromatic rings. The molecule has 335 valence electrons. The van der Waals surface area contributed by atoms with Gasteiger partial charge in [-0.2, -0.15) is 0 Å². The van der Waals surface area contributed by atoms with Gasteiger partial charge in [0.05, 0.1) is 13.9 Å². The molecule has 5 atom stereocenters. The summed E-state index contributed by atoms with van der Waals surface area (Å²) in [5.41, 5.74) is 0.155. The summed E-state index contributed by atoms with van der Waals surface area (Å²) in [5, 5.41) is 43.8. The van der Waals surface area contributed by atoms with Crippen molar-refractivity contribution < 1.29 is 99.3 Å². The van der Waals surface area contributed by atoms with Gasteiger partial charge in [-0.25, -0.2) is 14.4 Å². The zero-order valence-electron chi connectivity index (χ0n) is 34.4. The fourth-order valence-corrected chi connectivity index (χ4v) is 5.04. The minimum atomic E-state index is -1.62. The summed E-state index contributed by atoms with van der Waals surface area (Å²) in [6.45, 7) is 14.9. The monoisotopic (exact) mass is 1090 g/mol. The van der Waals surface area contributed by atoms with Crippen LogP contribution in [0.15, 0.2) is 28.6 Å². The first-order valence-electron chi connectivity index (χ1n) is 17.1. The summed E-state index contributed by atoms with van der Waals surface area (Å²) >= 11 is 14.1. The van der Waals surface area contributed by atoms with Crippen LogP contribution >= 0.6 is 73.3 Å². The molecule has 0 bridgehead atoms. The number of ether oxygens (including phenoxy) is 1. The molecule has 4 aliphatic heterocycles. The molecule has 8 N–H and O–H groups in total. The number of hydrogen-bond donors (Lipinski definition) is 8. The first kappa shape index (κ1) is 66.7. The van der Waals surface area contributed by atoms with Crippen molar-refractivity contribution in [1.29, 1.82) is 0 Å². The molecule has 27 heteroatoms. The molecule has 59 heavy (non-hydrogen) atoms. The van der Waals surface area contributed by atoms with Gasteiger partial charge >= 0.3 is 78.2 Å². The van der Waals surface area contributed by atoms with Crippen LogP contribution in [0.3, 0.4) is 0 Å². The summed E-state index contributed by atoms with van der Waals surface area (Å²) < 4.78 is 23.4. The minimum Gasteiger partial charge on any atom is 1.00 e. The first-order valence-corrected chi connectivity index (χ1v) is 19.4. The maximum Gasteiger partial charge on any atom is 1.00 e. The number of hydrogen-bond acceptors (Lipinski definition) is 14. The summed E-state index contributed by atoms with van der Waals surface area (Å²) in [6.07, 6.45) is 4.73. The van der Waals surface area contributed by atoms with E-state index in [1.807, 2.05) is 5.59 Å². The Kier molecular flexibility index (Phi) is 43.4. The molecule has 4 saturated heterocycles. The van der Waals surface area contributed by atoms with E-state index in [1.54, 1.807) is 25.7 Å². The molecule has 0 aliphatic carbocycles. The third-order valence-corrected chi connectivity index (χ3v) is 9.88. The number of rotatable bonds is 7. The van der Waals surface area contributed by atoms with E-state index in [1.165, 1.54) is 11.8 Å². The zero-order chi connectivity index (χ0) is 46.4. The first-order chi connectivity index (χ1) is 26.8. The maximum atomic E-state index is 11.9. The van der Waals surface area contributed by atoms with E-state index in [-0.39, 0.29) is 81.7 Å². The number of cyclic esters (lactones) is 1. The van der Waals surface area contributed by atoms with Crippen LogP contribution in [0.5, 0.6) is 0 Å². The molecule has 19 nitrogen and oxygen atoms in total. The van der Waals surface area contributed by atoms with Crippen LogP contribution in [0.25, 0.3) is 5.59 Å². The molecule has 4 rings (SSSR count). The van der Waals surface area contributed by atoms with E-state index in [2.05, 4.69) is 80.9 Å². The van der Waals surface area contributed by atoms with E-state index < -0.39 is 47.5 Å². The van der Waals surface area contributed by atoms with Gasteiger partial charge in [-0.3, -0.25) is 23.6 Å². The Bertz CT molecular complexity index is 1380. The predicted octanol–water partition coefficient (Wildman–Crippen LogP) is 0.668. The van der Waals surface area contributed by atoms with Gasteiger partial charge in [0.15, 0.2) is 11.2 Å². The molecule has 4 heterocycles. The van der Waals surface area contributed by atoms with Crippen molar-refractivity contribution in [2.75, 3.05) is 37.4 Å². The van der Waals surface area contributed by atoms with Gasteiger partial charge in [0, 0.05) is 29.6 Å². The standard InChI is InChI=1S/C9H12BrNO3.C9H13NO3.C5H9NO2.C4H7BrO3.C4H5ClO.CH3F.BHNS.BrH.H3N2O.Na/c1-9(5-10)8(13)11-4-2-3-6(11)7(12)14-9;1-6(2)8(11)10-5-3-4-7(10)9(12)13;7-5(8)4-2-1-3-6-4;1-4(8,2-5)3(6)7;1-3(2)4(5)6;1-2;1-2-3;;1-2-3;/h6H,2-5H2,1H3;7H,1,3-5H2,2H3,(H,12,13);4,6H,1-3H2,(H,7,8);8H,2H2,1H3,(H,6,7);1H2,2H3;1H3;3H;1H;3H,1H2;/q;;;;;;;;-1;+1/t6-,9+;7-;2*4-;;;;;;/m1110....../s1/i;;;;;1D;;;;. The molecular formula is C32H54BBr3ClFN6NaO13S. The fourth-order valence-electron chi connectivity index (χ4n) is 4.44. The number of fused-ring (bicyclic) bond motifs is 1. The Morgan fingerprint density at radius 1 is 1.12 bits per heavy atom. The number of thiol groups is 1. The van der Waals surface area contributed by atoms with E-state index in [0.717, 1.165) is 38.6 Å². The van der Waals surface area contributed by atoms with Gasteiger partial charge in [0.2, 0.25) is 11.1 Å². The number of nitrogens with two attached hydrogens (primary N) is 1. The van der Waals surface area contributed by atoms with E-state index in [0.29, 0.717) is 36.0 Å². The van der Waals surface area contributed by atoms with Crippen molar-refractivity contribution in [1.82, 2.24) is 15.1 Å². The van der Waals surface area contributed by atoms with Gasteiger partial charge in [-0.05, 0) is 84.4 Å². The largest absolute Gasteiger partial charge is 1.00 e. The van der Waals surface area contributed by atoms with Crippen molar-refractivity contribution in [2.24, 2.45) is 10.1 Å². The van der Waals surface area contributed by atoms with Crippen LogP contribution in [0.2, 0.25) is 0 Å². The van der Waals surface area contributed by atoms with Crippen LogP contribution < -0.4 is 40.7 Å². The van der Waals surface area contributed by atoms with Crippen LogP contribution in [-0.4, -0.2) is 151 Å². The number of carbonyl (C=O) groups excluding carboxylic acids is 4. The topological polar surface area (TPSA) is 301 Å². The van der Waals surface area contributed by atoms with Gasteiger partial charge in [-0.15, -0.1) is 17.0 Å². The zero-order valence-corrected chi connectivity index (χ0v) is 42.0. The van der Waals surface area contributed by atoms with Crippen LogP contribution in [0.4, 0.5) is 4.39 Å². The van der Waals surface area contributed by atoms with Crippen molar-refractivity contribution in [3.05, 3.63) is 29.9 Å². The van der Waals surface area contributed by atoms with Crippen molar-refractivity contribution in [3.8, 4) is 0 Å². The molecule has 4 aliphatic rings. The van der Waals surface area contributed by atoms with E-state index >= 15 is 0 Å². The average molecular weight is 1090 g/mol. The van der Waals surface area contributed by atoms with Crippen LogP contribution in [-0.2, 0) is 38.3 Å². The molecule has 0 saturated carbocycles. The molecular weight excluding hydrogens is 1040 g/mol. The number of nitrogens with zero attached hydrogens (tertiary/aromatic N) is 4. The number of carbonyl (C=O) groups is 7. The van der Waals surface area contributed by atoms with Gasteiger partial charge in [0.25, 0.3) is 5.91 Å². The second kappa shape index (κ2) is 38.3. The normalized spacial score (nSPS) is 21.3. The Morgan fingerprint density at radius 3 is 1.86 bits per heavy atom. The number of amides is 2. The van der Waals surface area contributed by atoms with Gasteiger partial charge in [0.1, 0.15) is 18.1 Å². The number of carboxylic acid groups (broad SMARTS) is 3. The number of aliphatic hydroxyl groups is 1. The van der Waals surface area contributed by atoms with Crippen LogP contribution in [0.1, 0.15) is 67.6 Å². The number of esters is 1. The number of morpholine rings is 1. The van der Waals surface area contributed by atoms with E-state index in [4.69, 9.17) is 43.3 Å². The molecule has 0 aromatic carbocycles. The number of carboxylic acids is 3. The molecule has 2 amide bonds. The number of nitrogens with one attached hydrogen (secondary N) is 1. The number of allylic oxidation sites excluding steroid dienone is 1. The third kappa shape index (κ3) is 28.8. The predicted molar refractivity (Wildman–Crippen MR) is 230 cm³/mol. The summed E-state index contributed by atoms with van der Waals surface area (Å²) in [4.78, 5) is 78.6. The Hall–Kier alpha value is -1.36. The molecule has 0 unspecified atom stereocenters. The maximum absolute atomic E-state index is 11.9. The minimum absolute atomic E-state index is 0. The van der Waals surface area contributed by atoms with E-state index in [9.17, 15) is 38.0 Å².